The van der Waals surface area contributed by atoms with Crippen LogP contribution in [0.1, 0.15) is 34.6 Å². The Morgan fingerprint density at radius 2 is 2.00 bits per heavy atom. The number of hydrogen-bond donors (Lipinski definition) is 0. The zero-order chi connectivity index (χ0) is 20.5. The average molecular weight is 411 g/mol. The summed E-state index contributed by atoms with van der Waals surface area (Å²) in [5.74, 6) is -0.573. The predicted molar refractivity (Wildman–Crippen MR) is 112 cm³/mol. The largest absolute Gasteiger partial charge is 0.331 e. The molecule has 0 spiro atoms. The molecule has 3 aromatic rings. The van der Waals surface area contributed by atoms with Crippen LogP contribution < -0.4 is 0 Å². The fraction of sp³-hybridized carbons (Fsp3) is 0.227. The summed E-state index contributed by atoms with van der Waals surface area (Å²) >= 11 is 5.84. The Bertz CT molecular complexity index is 1090. The van der Waals surface area contributed by atoms with Gasteiger partial charge in [-0.1, -0.05) is 35.9 Å². The molecule has 5 nitrogen and oxygen atoms in total. The molecule has 0 aliphatic carbocycles. The molecular weight excluding hydrogens is 391 g/mol. The van der Waals surface area contributed by atoms with Crippen molar-refractivity contribution < 1.29 is 9.18 Å². The maximum atomic E-state index is 14.3. The molecule has 0 N–H and O–H groups in total. The van der Waals surface area contributed by atoms with Gasteiger partial charge in [-0.3, -0.25) is 14.5 Å². The van der Waals surface area contributed by atoms with Crippen LogP contribution in [0.5, 0.6) is 0 Å². The molecule has 29 heavy (non-hydrogen) atoms. The first-order valence-corrected chi connectivity index (χ1v) is 9.69. The van der Waals surface area contributed by atoms with Gasteiger partial charge < -0.3 is 4.90 Å². The third-order valence-corrected chi connectivity index (χ3v) is 5.22. The van der Waals surface area contributed by atoms with Gasteiger partial charge in [0.05, 0.1) is 11.7 Å². The maximum Gasteiger partial charge on any atom is 0.272 e. The van der Waals surface area contributed by atoms with E-state index in [1.807, 2.05) is 31.2 Å². The number of hydrogen-bond acceptors (Lipinski definition) is 3. The van der Waals surface area contributed by atoms with Crippen molar-refractivity contribution in [3.8, 4) is 11.3 Å². The first-order valence-electron chi connectivity index (χ1n) is 9.31. The van der Waals surface area contributed by atoms with Gasteiger partial charge in [-0.15, -0.1) is 0 Å². The van der Waals surface area contributed by atoms with Gasteiger partial charge in [0.25, 0.3) is 5.91 Å². The smallest absolute Gasteiger partial charge is 0.272 e. The molecule has 1 aliphatic heterocycles. The number of carbonyl (C=O) groups excluding carboxylic acids is 1. The van der Waals surface area contributed by atoms with E-state index in [0.717, 1.165) is 11.1 Å². The number of halogens is 2. The Morgan fingerprint density at radius 1 is 1.24 bits per heavy atom. The Morgan fingerprint density at radius 3 is 2.69 bits per heavy atom. The number of aromatic nitrogens is 2. The van der Waals surface area contributed by atoms with Crippen LogP contribution in [0.4, 0.5) is 4.39 Å². The molecule has 148 valence electrons. The quantitative estimate of drug-likeness (QED) is 0.590. The van der Waals surface area contributed by atoms with Gasteiger partial charge in [0, 0.05) is 36.9 Å². The van der Waals surface area contributed by atoms with E-state index in [4.69, 9.17) is 11.6 Å². The minimum atomic E-state index is -0.458. The molecule has 0 radical (unpaired) electrons. The molecule has 2 heterocycles. The van der Waals surface area contributed by atoms with Crippen LogP contribution >= 0.6 is 11.6 Å². The third-order valence-electron chi connectivity index (χ3n) is 4.98. The number of fused-ring (bicyclic) bond motifs is 1. The molecule has 0 unspecified atom stereocenters. The lowest BCUT2D eigenvalue weighted by Crippen LogP contribution is -2.41. The standard InChI is InChI=1S/C22H20ClFN4O/c1-14-12-27(13-16-5-3-15(4-6-16)11-25-2)22(29)21-10-20(26-28(14)21)18-8-7-17(23)9-19(18)24/h3-11,14H,12-13H2,1-2H3/b25-11-/t14-/m0/s1. The summed E-state index contributed by atoms with van der Waals surface area (Å²) in [6.45, 7) is 3.04. The van der Waals surface area contributed by atoms with E-state index in [-0.39, 0.29) is 11.9 Å². The summed E-state index contributed by atoms with van der Waals surface area (Å²) in [6, 6.07) is 14.0. The number of carbonyl (C=O) groups is 1. The van der Waals surface area contributed by atoms with Gasteiger partial charge in [0.1, 0.15) is 11.5 Å². The van der Waals surface area contributed by atoms with Gasteiger partial charge in [-0.05, 0) is 42.3 Å². The third kappa shape index (κ3) is 3.80. The van der Waals surface area contributed by atoms with Gasteiger partial charge >= 0.3 is 0 Å². The summed E-state index contributed by atoms with van der Waals surface area (Å²) in [6.07, 6.45) is 1.79. The minimum Gasteiger partial charge on any atom is -0.331 e. The fourth-order valence-corrected chi connectivity index (χ4v) is 3.73. The van der Waals surface area contributed by atoms with Crippen LogP contribution in [0.15, 0.2) is 53.5 Å². The normalized spacial score (nSPS) is 16.5. The second-order valence-corrected chi connectivity index (χ2v) is 7.58. The van der Waals surface area contributed by atoms with Gasteiger partial charge in [0.15, 0.2) is 0 Å². The van der Waals surface area contributed by atoms with E-state index in [1.54, 1.807) is 41.0 Å². The first kappa shape index (κ1) is 19.3. The van der Waals surface area contributed by atoms with Crippen LogP contribution in [-0.4, -0.2) is 40.4 Å². The molecule has 0 bridgehead atoms. The molecule has 1 aliphatic rings. The van der Waals surface area contributed by atoms with Crippen LogP contribution in [0.3, 0.4) is 0 Å². The molecule has 2 aromatic carbocycles. The van der Waals surface area contributed by atoms with Gasteiger partial charge in [0.2, 0.25) is 0 Å². The molecule has 0 fully saturated rings. The van der Waals surface area contributed by atoms with Crippen LogP contribution in [0, 0.1) is 5.82 Å². The average Bonchev–Trinajstić information content (AvgIpc) is 3.13. The lowest BCUT2D eigenvalue weighted by molar-refractivity contribution is 0.0651. The molecule has 1 atom stereocenters. The maximum absolute atomic E-state index is 14.3. The summed E-state index contributed by atoms with van der Waals surface area (Å²) in [7, 11) is 1.73. The molecule has 4 rings (SSSR count). The predicted octanol–water partition coefficient (Wildman–Crippen LogP) is 4.61. The number of aliphatic imine (C=N–C) groups is 1. The minimum absolute atomic E-state index is 0.0155. The van der Waals surface area contributed by atoms with E-state index in [9.17, 15) is 9.18 Å². The highest BCUT2D eigenvalue weighted by molar-refractivity contribution is 6.30. The van der Waals surface area contributed by atoms with E-state index in [2.05, 4.69) is 10.1 Å². The second kappa shape index (κ2) is 7.79. The van der Waals surface area contributed by atoms with Crippen molar-refractivity contribution in [3.63, 3.8) is 0 Å². The van der Waals surface area contributed by atoms with E-state index < -0.39 is 5.82 Å². The Kier molecular flexibility index (Phi) is 5.20. The Hall–Kier alpha value is -2.99. The zero-order valence-corrected chi connectivity index (χ0v) is 16.9. The van der Waals surface area contributed by atoms with Crippen molar-refractivity contribution in [2.24, 2.45) is 4.99 Å². The monoisotopic (exact) mass is 410 g/mol. The fourth-order valence-electron chi connectivity index (χ4n) is 3.58. The SMILES string of the molecule is C/N=C\c1ccc(CN2C[C@H](C)n3nc(-c4ccc(Cl)cc4F)cc3C2=O)cc1. The zero-order valence-electron chi connectivity index (χ0n) is 16.1. The molecule has 0 saturated heterocycles. The number of benzene rings is 2. The molecule has 0 saturated carbocycles. The van der Waals surface area contributed by atoms with Crippen molar-refractivity contribution in [1.29, 1.82) is 0 Å². The highest BCUT2D eigenvalue weighted by Gasteiger charge is 2.31. The highest BCUT2D eigenvalue weighted by Crippen LogP contribution is 2.29. The topological polar surface area (TPSA) is 50.5 Å². The van der Waals surface area contributed by atoms with Crippen LogP contribution in [-0.2, 0) is 6.54 Å². The van der Waals surface area contributed by atoms with E-state index in [0.29, 0.717) is 35.1 Å². The molecule has 7 heteroatoms. The second-order valence-electron chi connectivity index (χ2n) is 7.15. The highest BCUT2D eigenvalue weighted by atomic mass is 35.5. The Balaban J connectivity index is 1.60. The number of amides is 1. The summed E-state index contributed by atoms with van der Waals surface area (Å²) in [5, 5.41) is 4.81. The summed E-state index contributed by atoms with van der Waals surface area (Å²) in [5.41, 5.74) is 3.27. The number of nitrogens with zero attached hydrogens (tertiary/aromatic N) is 4. The summed E-state index contributed by atoms with van der Waals surface area (Å²) < 4.78 is 16.0. The van der Waals surface area contributed by atoms with Gasteiger partial charge in [-0.25, -0.2) is 4.39 Å². The van der Waals surface area contributed by atoms with Crippen LogP contribution in [0.2, 0.25) is 5.02 Å². The van der Waals surface area contributed by atoms with Crippen molar-refractivity contribution in [1.82, 2.24) is 14.7 Å². The Labute approximate surface area is 173 Å². The molecule has 1 aromatic heterocycles. The molecule has 1 amide bonds. The van der Waals surface area contributed by atoms with E-state index >= 15 is 0 Å². The molecular formula is C22H20ClFN4O. The lowest BCUT2D eigenvalue weighted by atomic mass is 10.1. The van der Waals surface area contributed by atoms with E-state index in [1.165, 1.54) is 6.07 Å². The van der Waals surface area contributed by atoms with Crippen LogP contribution in [0.25, 0.3) is 11.3 Å². The van der Waals surface area contributed by atoms with Crippen molar-refractivity contribution in [2.45, 2.75) is 19.5 Å². The summed E-state index contributed by atoms with van der Waals surface area (Å²) in [4.78, 5) is 18.9. The van der Waals surface area contributed by atoms with Crippen molar-refractivity contribution >= 4 is 23.7 Å². The van der Waals surface area contributed by atoms with Gasteiger partial charge in [-0.2, -0.15) is 5.10 Å². The first-order chi connectivity index (χ1) is 14.0. The van der Waals surface area contributed by atoms with Crippen molar-refractivity contribution in [2.75, 3.05) is 13.6 Å². The number of rotatable bonds is 4. The lowest BCUT2D eigenvalue weighted by Gasteiger charge is -2.31. The van der Waals surface area contributed by atoms with Crippen molar-refractivity contribution in [3.05, 3.63) is 76.2 Å².